The minimum atomic E-state index is -4.51. The average Bonchev–Trinajstić information content (AvgIpc) is 2.94. The Balaban J connectivity index is 1.91. The predicted octanol–water partition coefficient (Wildman–Crippen LogP) is 1.45. The van der Waals surface area contributed by atoms with Crippen LogP contribution in [0.2, 0.25) is 0 Å². The Morgan fingerprint density at radius 2 is 1.92 bits per heavy atom. The third kappa shape index (κ3) is 4.96. The highest BCUT2D eigenvalue weighted by atomic mass is 19.4. The van der Waals surface area contributed by atoms with Gasteiger partial charge in [-0.1, -0.05) is 12.1 Å². The molecule has 9 heteroatoms. The molecule has 1 aromatic rings. The van der Waals surface area contributed by atoms with Crippen molar-refractivity contribution in [1.82, 2.24) is 10.6 Å². The summed E-state index contributed by atoms with van der Waals surface area (Å²) in [6.07, 6.45) is -4.52. The van der Waals surface area contributed by atoms with E-state index in [2.05, 4.69) is 5.32 Å². The highest BCUT2D eigenvalue weighted by molar-refractivity contribution is 6.01. The molecule has 1 aromatic carbocycles. The van der Waals surface area contributed by atoms with E-state index in [1.807, 2.05) is 26.0 Å². The fraction of sp³-hybridized carbons (Fsp3) is 0.471. The highest BCUT2D eigenvalue weighted by Gasteiger charge is 2.36. The first-order valence-electron chi connectivity index (χ1n) is 8.06. The number of rotatable bonds is 5. The smallest absolute Gasteiger partial charge is 0.347 e. The van der Waals surface area contributed by atoms with Gasteiger partial charge in [0.15, 0.2) is 0 Å². The molecule has 1 saturated heterocycles. The zero-order chi connectivity index (χ0) is 19.5. The zero-order valence-electron chi connectivity index (χ0n) is 14.4. The van der Waals surface area contributed by atoms with Gasteiger partial charge in [-0.15, -0.1) is 0 Å². The van der Waals surface area contributed by atoms with Crippen molar-refractivity contribution in [3.05, 3.63) is 29.3 Å². The second kappa shape index (κ2) is 7.76. The summed E-state index contributed by atoms with van der Waals surface area (Å²) in [6, 6.07) is 5.54. The number of benzene rings is 1. The molecule has 0 saturated carbocycles. The molecule has 1 atom stereocenters. The maximum Gasteiger partial charge on any atom is 0.405 e. The Morgan fingerprint density at radius 1 is 1.23 bits per heavy atom. The molecule has 0 aliphatic carbocycles. The van der Waals surface area contributed by atoms with Crippen LogP contribution in [-0.4, -0.2) is 43.5 Å². The molecular formula is C17H20F3N3O3. The molecule has 0 radical (unpaired) electrons. The summed E-state index contributed by atoms with van der Waals surface area (Å²) in [6.45, 7) is 1.95. The quantitative estimate of drug-likeness (QED) is 0.822. The number of aryl methyl sites for hydroxylation is 1. The lowest BCUT2D eigenvalue weighted by atomic mass is 10.1. The number of halogens is 3. The molecule has 2 rings (SSSR count). The van der Waals surface area contributed by atoms with Crippen molar-refractivity contribution in [2.24, 2.45) is 5.92 Å². The van der Waals surface area contributed by atoms with Crippen LogP contribution in [0.5, 0.6) is 0 Å². The van der Waals surface area contributed by atoms with Crippen LogP contribution >= 0.6 is 0 Å². The summed E-state index contributed by atoms with van der Waals surface area (Å²) in [5, 5.41) is 3.95. The maximum atomic E-state index is 12.2. The summed E-state index contributed by atoms with van der Waals surface area (Å²) < 4.78 is 36.1. The normalized spacial score (nSPS) is 17.3. The average molecular weight is 371 g/mol. The molecule has 3 amide bonds. The largest absolute Gasteiger partial charge is 0.405 e. The SMILES string of the molecule is Cc1cccc(N2CC(C(=O)NCC(=O)NCC(F)(F)F)CC2=O)c1C. The number of hydrogen-bond donors (Lipinski definition) is 2. The second-order valence-electron chi connectivity index (χ2n) is 6.23. The van der Waals surface area contributed by atoms with E-state index in [4.69, 9.17) is 0 Å². The molecule has 1 aliphatic rings. The minimum Gasteiger partial charge on any atom is -0.347 e. The maximum absolute atomic E-state index is 12.2. The number of nitrogens with one attached hydrogen (secondary N) is 2. The van der Waals surface area contributed by atoms with E-state index in [0.717, 1.165) is 16.8 Å². The third-order valence-electron chi connectivity index (χ3n) is 4.27. The van der Waals surface area contributed by atoms with Crippen molar-refractivity contribution in [1.29, 1.82) is 0 Å². The van der Waals surface area contributed by atoms with Crippen LogP contribution in [-0.2, 0) is 14.4 Å². The van der Waals surface area contributed by atoms with Crippen molar-refractivity contribution in [2.75, 3.05) is 24.5 Å². The van der Waals surface area contributed by atoms with Gasteiger partial charge in [0.25, 0.3) is 0 Å². The first kappa shape index (κ1) is 19.7. The number of amides is 3. The lowest BCUT2D eigenvalue weighted by Gasteiger charge is -2.20. The predicted molar refractivity (Wildman–Crippen MR) is 88.5 cm³/mol. The van der Waals surface area contributed by atoms with E-state index in [1.165, 1.54) is 4.90 Å². The molecule has 0 bridgehead atoms. The molecular weight excluding hydrogens is 351 g/mol. The van der Waals surface area contributed by atoms with Gasteiger partial charge in [-0.05, 0) is 31.0 Å². The standard InChI is InChI=1S/C17H20F3N3O3/c1-10-4-3-5-13(11(10)2)23-8-12(6-15(23)25)16(26)21-7-14(24)22-9-17(18,19)20/h3-5,12H,6-9H2,1-2H3,(H,21,26)(H,22,24). The van der Waals surface area contributed by atoms with Crippen molar-refractivity contribution < 1.29 is 27.6 Å². The van der Waals surface area contributed by atoms with Crippen LogP contribution < -0.4 is 15.5 Å². The Kier molecular flexibility index (Phi) is 5.89. The summed E-state index contributed by atoms with van der Waals surface area (Å²) in [5.41, 5.74) is 2.69. The molecule has 0 aromatic heterocycles. The Bertz CT molecular complexity index is 719. The van der Waals surface area contributed by atoms with Crippen LogP contribution in [0.1, 0.15) is 17.5 Å². The lowest BCUT2D eigenvalue weighted by Crippen LogP contribution is -2.42. The number of nitrogens with zero attached hydrogens (tertiary/aromatic N) is 1. The molecule has 1 fully saturated rings. The van der Waals surface area contributed by atoms with Gasteiger partial charge >= 0.3 is 6.18 Å². The van der Waals surface area contributed by atoms with Gasteiger partial charge in [0.2, 0.25) is 17.7 Å². The highest BCUT2D eigenvalue weighted by Crippen LogP contribution is 2.29. The molecule has 2 N–H and O–H groups in total. The molecule has 1 unspecified atom stereocenters. The van der Waals surface area contributed by atoms with Crippen LogP contribution in [0, 0.1) is 19.8 Å². The summed E-state index contributed by atoms with van der Waals surface area (Å²) in [7, 11) is 0. The minimum absolute atomic E-state index is 0.0105. The Labute approximate surface area is 148 Å². The van der Waals surface area contributed by atoms with Crippen LogP contribution in [0.4, 0.5) is 18.9 Å². The number of hydrogen-bond acceptors (Lipinski definition) is 3. The van der Waals surface area contributed by atoms with Crippen LogP contribution in [0.25, 0.3) is 0 Å². The Hall–Kier alpha value is -2.58. The fourth-order valence-corrected chi connectivity index (χ4v) is 2.72. The van der Waals surface area contributed by atoms with Crippen molar-refractivity contribution in [3.63, 3.8) is 0 Å². The van der Waals surface area contributed by atoms with E-state index in [9.17, 15) is 27.6 Å². The number of carbonyl (C=O) groups excluding carboxylic acids is 3. The van der Waals surface area contributed by atoms with E-state index in [0.29, 0.717) is 0 Å². The molecule has 6 nitrogen and oxygen atoms in total. The van der Waals surface area contributed by atoms with Gasteiger partial charge in [-0.2, -0.15) is 13.2 Å². The van der Waals surface area contributed by atoms with E-state index in [1.54, 1.807) is 11.4 Å². The molecule has 1 heterocycles. The van der Waals surface area contributed by atoms with Crippen molar-refractivity contribution >= 4 is 23.4 Å². The fourth-order valence-electron chi connectivity index (χ4n) is 2.72. The second-order valence-corrected chi connectivity index (χ2v) is 6.23. The lowest BCUT2D eigenvalue weighted by molar-refractivity contribution is -0.138. The monoisotopic (exact) mass is 371 g/mol. The van der Waals surface area contributed by atoms with E-state index in [-0.39, 0.29) is 18.9 Å². The first-order chi connectivity index (χ1) is 12.1. The molecule has 1 aliphatic heterocycles. The molecule has 26 heavy (non-hydrogen) atoms. The van der Waals surface area contributed by atoms with Crippen molar-refractivity contribution in [3.8, 4) is 0 Å². The Morgan fingerprint density at radius 3 is 2.58 bits per heavy atom. The van der Waals surface area contributed by atoms with Crippen LogP contribution in [0.15, 0.2) is 18.2 Å². The first-order valence-corrected chi connectivity index (χ1v) is 8.06. The summed E-state index contributed by atoms with van der Waals surface area (Å²) in [4.78, 5) is 37.2. The molecule has 0 spiro atoms. The van der Waals surface area contributed by atoms with Gasteiger partial charge < -0.3 is 15.5 Å². The van der Waals surface area contributed by atoms with E-state index < -0.39 is 37.0 Å². The van der Waals surface area contributed by atoms with E-state index >= 15 is 0 Å². The van der Waals surface area contributed by atoms with Crippen LogP contribution in [0.3, 0.4) is 0 Å². The summed E-state index contributed by atoms with van der Waals surface area (Å²) >= 11 is 0. The third-order valence-corrected chi connectivity index (χ3v) is 4.27. The number of carbonyl (C=O) groups is 3. The molecule has 142 valence electrons. The summed E-state index contributed by atoms with van der Waals surface area (Å²) in [5.74, 6) is -2.34. The van der Waals surface area contributed by atoms with Gasteiger partial charge in [0.1, 0.15) is 6.54 Å². The zero-order valence-corrected chi connectivity index (χ0v) is 14.4. The van der Waals surface area contributed by atoms with Gasteiger partial charge in [0, 0.05) is 18.7 Å². The number of alkyl halides is 3. The number of anilines is 1. The van der Waals surface area contributed by atoms with Gasteiger partial charge in [-0.25, -0.2) is 0 Å². The van der Waals surface area contributed by atoms with Gasteiger partial charge in [0.05, 0.1) is 12.5 Å². The van der Waals surface area contributed by atoms with Crippen molar-refractivity contribution in [2.45, 2.75) is 26.4 Å². The topological polar surface area (TPSA) is 78.5 Å². The van der Waals surface area contributed by atoms with Gasteiger partial charge in [-0.3, -0.25) is 14.4 Å².